The number of aryl methyl sites for hydroxylation is 1. The molecule has 0 bridgehead atoms. The summed E-state index contributed by atoms with van der Waals surface area (Å²) in [7, 11) is 0. The van der Waals surface area contributed by atoms with Crippen LogP contribution in [0.15, 0.2) is 36.4 Å². The average molecular weight is 343 g/mol. The van der Waals surface area contributed by atoms with Crippen molar-refractivity contribution in [3.63, 3.8) is 0 Å². The van der Waals surface area contributed by atoms with Crippen molar-refractivity contribution in [3.05, 3.63) is 68.2 Å². The number of benzene rings is 2. The Hall–Kier alpha value is -0.730. The molecule has 0 saturated carbocycles. The first kappa shape index (κ1) is 16.6. The van der Waals surface area contributed by atoms with Crippen LogP contribution in [0.3, 0.4) is 0 Å². The van der Waals surface area contributed by atoms with E-state index in [1.807, 2.05) is 30.3 Å². The van der Waals surface area contributed by atoms with Gasteiger partial charge in [-0.25, -0.2) is 0 Å². The lowest BCUT2D eigenvalue weighted by Gasteiger charge is -2.20. The molecule has 0 saturated heterocycles. The van der Waals surface area contributed by atoms with Crippen LogP contribution in [0.5, 0.6) is 0 Å². The van der Waals surface area contributed by atoms with Gasteiger partial charge in [0.05, 0.1) is 10.0 Å². The van der Waals surface area contributed by atoms with E-state index < -0.39 is 0 Å². The predicted octanol–water partition coefficient (Wildman–Crippen LogP) is 5.85. The van der Waals surface area contributed by atoms with Gasteiger partial charge in [0.2, 0.25) is 0 Å². The van der Waals surface area contributed by atoms with Crippen molar-refractivity contribution in [2.75, 3.05) is 6.54 Å². The van der Waals surface area contributed by atoms with Crippen molar-refractivity contribution in [2.24, 2.45) is 0 Å². The molecule has 0 amide bonds. The molecule has 0 aliphatic heterocycles. The highest BCUT2D eigenvalue weighted by atomic mass is 35.5. The van der Waals surface area contributed by atoms with E-state index in [-0.39, 0.29) is 6.04 Å². The zero-order valence-electron chi connectivity index (χ0n) is 12.1. The quantitative estimate of drug-likeness (QED) is 0.719. The molecule has 2 aromatic rings. The summed E-state index contributed by atoms with van der Waals surface area (Å²) < 4.78 is 0. The molecule has 112 valence electrons. The third-order valence-corrected chi connectivity index (χ3v) is 4.30. The van der Waals surface area contributed by atoms with Crippen LogP contribution in [0.2, 0.25) is 15.1 Å². The molecule has 0 fully saturated rings. The molecule has 0 aliphatic carbocycles. The molecular weight excluding hydrogens is 325 g/mol. The summed E-state index contributed by atoms with van der Waals surface area (Å²) in [5.74, 6) is 0. The Balaban J connectivity index is 2.27. The first-order chi connectivity index (χ1) is 9.99. The molecule has 1 nitrogen and oxygen atoms in total. The van der Waals surface area contributed by atoms with Crippen molar-refractivity contribution in [1.82, 2.24) is 5.32 Å². The summed E-state index contributed by atoms with van der Waals surface area (Å²) in [4.78, 5) is 0. The van der Waals surface area contributed by atoms with E-state index >= 15 is 0 Å². The number of nitrogens with one attached hydrogen (secondary N) is 1. The maximum atomic E-state index is 6.18. The van der Waals surface area contributed by atoms with E-state index in [9.17, 15) is 0 Å². The van der Waals surface area contributed by atoms with Gasteiger partial charge < -0.3 is 5.32 Å². The highest BCUT2D eigenvalue weighted by Gasteiger charge is 2.13. The Bertz CT molecular complexity index is 605. The Morgan fingerprint density at radius 1 is 1.00 bits per heavy atom. The van der Waals surface area contributed by atoms with E-state index in [0.717, 1.165) is 29.1 Å². The largest absolute Gasteiger partial charge is 0.310 e. The lowest BCUT2D eigenvalue weighted by molar-refractivity contribution is 0.549. The number of rotatable bonds is 5. The summed E-state index contributed by atoms with van der Waals surface area (Å²) in [6.45, 7) is 5.04. The fraction of sp³-hybridized carbons (Fsp3) is 0.294. The van der Waals surface area contributed by atoms with E-state index in [1.165, 1.54) is 5.56 Å². The van der Waals surface area contributed by atoms with Crippen LogP contribution in [-0.4, -0.2) is 6.54 Å². The van der Waals surface area contributed by atoms with Crippen LogP contribution in [0, 0.1) is 6.92 Å². The lowest BCUT2D eigenvalue weighted by Crippen LogP contribution is -2.23. The monoisotopic (exact) mass is 341 g/mol. The summed E-state index contributed by atoms with van der Waals surface area (Å²) in [5, 5.41) is 5.44. The van der Waals surface area contributed by atoms with Crippen LogP contribution in [-0.2, 0) is 6.42 Å². The van der Waals surface area contributed by atoms with Crippen molar-refractivity contribution in [3.8, 4) is 0 Å². The molecule has 0 spiro atoms. The van der Waals surface area contributed by atoms with Crippen molar-refractivity contribution in [1.29, 1.82) is 0 Å². The highest BCUT2D eigenvalue weighted by Crippen LogP contribution is 2.27. The van der Waals surface area contributed by atoms with Crippen LogP contribution in [0.4, 0.5) is 0 Å². The number of hydrogen-bond donors (Lipinski definition) is 1. The zero-order valence-corrected chi connectivity index (χ0v) is 14.4. The van der Waals surface area contributed by atoms with E-state index in [4.69, 9.17) is 34.8 Å². The molecule has 2 rings (SSSR count). The second-order valence-electron chi connectivity index (χ2n) is 5.12. The molecule has 4 heteroatoms. The Labute approximate surface area is 141 Å². The van der Waals surface area contributed by atoms with Gasteiger partial charge in [0.25, 0.3) is 0 Å². The molecule has 1 atom stereocenters. The maximum Gasteiger partial charge on any atom is 0.0595 e. The van der Waals surface area contributed by atoms with Gasteiger partial charge in [-0.05, 0) is 60.8 Å². The Morgan fingerprint density at radius 2 is 1.76 bits per heavy atom. The predicted molar refractivity (Wildman–Crippen MR) is 92.8 cm³/mol. The minimum atomic E-state index is 0.199. The van der Waals surface area contributed by atoms with Gasteiger partial charge in [0, 0.05) is 11.1 Å². The molecule has 21 heavy (non-hydrogen) atoms. The molecule has 0 heterocycles. The lowest BCUT2D eigenvalue weighted by atomic mass is 9.97. The van der Waals surface area contributed by atoms with Crippen LogP contribution in [0.25, 0.3) is 0 Å². The summed E-state index contributed by atoms with van der Waals surface area (Å²) in [5.41, 5.74) is 3.50. The summed E-state index contributed by atoms with van der Waals surface area (Å²) in [6, 6.07) is 12.1. The first-order valence-corrected chi connectivity index (χ1v) is 8.07. The molecule has 1 unspecified atom stereocenters. The molecule has 0 aliphatic rings. The molecular formula is C17H18Cl3N. The van der Waals surface area contributed by atoms with Crippen LogP contribution >= 0.6 is 34.8 Å². The normalized spacial score (nSPS) is 12.4. The standard InChI is InChI=1S/C17H18Cl3N/c1-3-21-17(13-6-11(2)7-14(18)10-13)9-12-4-5-15(19)16(20)8-12/h4-8,10,17,21H,3,9H2,1-2H3. The Morgan fingerprint density at radius 3 is 2.38 bits per heavy atom. The summed E-state index contributed by atoms with van der Waals surface area (Å²) in [6.07, 6.45) is 0.838. The minimum Gasteiger partial charge on any atom is -0.310 e. The second-order valence-corrected chi connectivity index (χ2v) is 6.38. The average Bonchev–Trinajstić information content (AvgIpc) is 2.41. The molecule has 1 N–H and O–H groups in total. The molecule has 0 radical (unpaired) electrons. The third-order valence-electron chi connectivity index (χ3n) is 3.34. The fourth-order valence-electron chi connectivity index (χ4n) is 2.42. The fourth-order valence-corrected chi connectivity index (χ4v) is 3.04. The van der Waals surface area contributed by atoms with Crippen LogP contribution in [0.1, 0.15) is 29.7 Å². The van der Waals surface area contributed by atoms with Crippen molar-refractivity contribution >= 4 is 34.8 Å². The van der Waals surface area contributed by atoms with Gasteiger partial charge >= 0.3 is 0 Å². The molecule has 0 aromatic heterocycles. The number of hydrogen-bond acceptors (Lipinski definition) is 1. The first-order valence-electron chi connectivity index (χ1n) is 6.94. The SMILES string of the molecule is CCNC(Cc1ccc(Cl)c(Cl)c1)c1cc(C)cc(Cl)c1. The number of likely N-dealkylation sites (N-methyl/N-ethyl adjacent to an activating group) is 1. The number of halogens is 3. The van der Waals surface area contributed by atoms with E-state index in [2.05, 4.69) is 25.2 Å². The van der Waals surface area contributed by atoms with Crippen LogP contribution < -0.4 is 5.32 Å². The summed E-state index contributed by atoms with van der Waals surface area (Å²) >= 11 is 18.2. The molecule has 2 aromatic carbocycles. The van der Waals surface area contributed by atoms with Gasteiger partial charge in [-0.15, -0.1) is 0 Å². The smallest absolute Gasteiger partial charge is 0.0595 e. The minimum absolute atomic E-state index is 0.199. The van der Waals surface area contributed by atoms with E-state index in [0.29, 0.717) is 10.0 Å². The second kappa shape index (κ2) is 7.51. The third kappa shape index (κ3) is 4.62. The van der Waals surface area contributed by atoms with Crippen molar-refractivity contribution < 1.29 is 0 Å². The van der Waals surface area contributed by atoms with Gasteiger partial charge in [-0.1, -0.05) is 53.9 Å². The van der Waals surface area contributed by atoms with Crippen molar-refractivity contribution in [2.45, 2.75) is 26.3 Å². The Kier molecular flexibility index (Phi) is 5.95. The maximum absolute atomic E-state index is 6.18. The highest BCUT2D eigenvalue weighted by molar-refractivity contribution is 6.42. The van der Waals surface area contributed by atoms with Gasteiger partial charge in [0.1, 0.15) is 0 Å². The van der Waals surface area contributed by atoms with Gasteiger partial charge in [0.15, 0.2) is 0 Å². The zero-order chi connectivity index (χ0) is 15.4. The van der Waals surface area contributed by atoms with E-state index in [1.54, 1.807) is 0 Å². The van der Waals surface area contributed by atoms with Gasteiger partial charge in [-0.2, -0.15) is 0 Å². The topological polar surface area (TPSA) is 12.0 Å². The van der Waals surface area contributed by atoms with Gasteiger partial charge in [-0.3, -0.25) is 0 Å².